The summed E-state index contributed by atoms with van der Waals surface area (Å²) in [5, 5.41) is 10.9. The summed E-state index contributed by atoms with van der Waals surface area (Å²) in [6, 6.07) is 11.5. The molecule has 5 heteroatoms. The minimum atomic E-state index is -1.03. The van der Waals surface area contributed by atoms with Crippen LogP contribution in [0.4, 0.5) is 0 Å². The molecule has 2 aromatic carbocycles. The van der Waals surface area contributed by atoms with Gasteiger partial charge < -0.3 is 14.6 Å². The molecule has 29 heavy (non-hydrogen) atoms. The lowest BCUT2D eigenvalue weighted by Crippen LogP contribution is -2.49. The Morgan fingerprint density at radius 2 is 1.76 bits per heavy atom. The van der Waals surface area contributed by atoms with Crippen LogP contribution < -0.4 is 4.74 Å². The molecule has 0 aliphatic carbocycles. The average Bonchev–Trinajstić information content (AvgIpc) is 2.62. The molecule has 0 spiro atoms. The summed E-state index contributed by atoms with van der Waals surface area (Å²) < 4.78 is 13.0. The molecule has 0 aromatic heterocycles. The second-order valence-corrected chi connectivity index (χ2v) is 9.28. The van der Waals surface area contributed by atoms with E-state index in [9.17, 15) is 9.90 Å². The van der Waals surface area contributed by atoms with Gasteiger partial charge in [0.15, 0.2) is 5.78 Å². The van der Waals surface area contributed by atoms with E-state index in [0.717, 1.165) is 27.8 Å². The van der Waals surface area contributed by atoms with Gasteiger partial charge in [0.1, 0.15) is 28.5 Å². The van der Waals surface area contributed by atoms with E-state index in [1.54, 1.807) is 27.7 Å². The van der Waals surface area contributed by atoms with Gasteiger partial charge in [-0.25, -0.2) is 0 Å². The van der Waals surface area contributed by atoms with Crippen molar-refractivity contribution < 1.29 is 19.4 Å². The van der Waals surface area contributed by atoms with Crippen LogP contribution in [0.3, 0.4) is 0 Å². The second-order valence-electron chi connectivity index (χ2n) is 8.36. The predicted molar refractivity (Wildman–Crippen MR) is 119 cm³/mol. The highest BCUT2D eigenvalue weighted by Crippen LogP contribution is 2.42. The van der Waals surface area contributed by atoms with Gasteiger partial charge in [-0.15, -0.1) is 0 Å². The smallest absolute Gasteiger partial charge is 0.198 e. The third-order valence-corrected chi connectivity index (χ3v) is 5.68. The van der Waals surface area contributed by atoms with Crippen LogP contribution in [0.5, 0.6) is 11.5 Å². The van der Waals surface area contributed by atoms with Gasteiger partial charge in [-0.05, 0) is 88.1 Å². The van der Waals surface area contributed by atoms with Crippen molar-refractivity contribution in [2.75, 3.05) is 0 Å². The number of ketones is 1. The molecule has 1 aliphatic heterocycles. The highest BCUT2D eigenvalue weighted by Gasteiger charge is 2.47. The number of aliphatic hydroxyl groups is 1. The number of carbonyl (C=O) groups is 1. The summed E-state index contributed by atoms with van der Waals surface area (Å²) in [5.41, 5.74) is 0.958. The van der Waals surface area contributed by atoms with Crippen molar-refractivity contribution in [1.82, 2.24) is 0 Å². The van der Waals surface area contributed by atoms with Crippen molar-refractivity contribution in [2.24, 2.45) is 0 Å². The number of ether oxygens (including phenoxy) is 2. The maximum Gasteiger partial charge on any atom is 0.198 e. The van der Waals surface area contributed by atoms with Gasteiger partial charge >= 0.3 is 0 Å². The van der Waals surface area contributed by atoms with E-state index in [2.05, 4.69) is 15.9 Å². The van der Waals surface area contributed by atoms with Gasteiger partial charge in [0.25, 0.3) is 0 Å². The maximum absolute atomic E-state index is 13.2. The Bertz CT molecular complexity index is 1000. The van der Waals surface area contributed by atoms with Gasteiger partial charge in [0, 0.05) is 4.47 Å². The predicted octanol–water partition coefficient (Wildman–Crippen LogP) is 6.54. The molecule has 0 amide bonds. The summed E-state index contributed by atoms with van der Waals surface area (Å²) in [4.78, 5) is 13.2. The first kappa shape index (κ1) is 21.6. The molecule has 0 unspecified atom stereocenters. The minimum Gasteiger partial charge on any atom is -0.508 e. The van der Waals surface area contributed by atoms with E-state index in [0.29, 0.717) is 16.9 Å². The van der Waals surface area contributed by atoms with Gasteiger partial charge in [-0.3, -0.25) is 4.79 Å². The Kier molecular flexibility index (Phi) is 5.67. The van der Waals surface area contributed by atoms with Crippen LogP contribution in [0.1, 0.15) is 51.3 Å². The van der Waals surface area contributed by atoms with Crippen molar-refractivity contribution >= 4 is 27.3 Å². The standard InChI is InChI=1S/C24H27BrO4/c1-7-15-8-10-17(28-19-11-9-16(25)12-14(19)2)13-18(15)20-21(26)23(3,4)29-24(5,6)22(20)27/h8-13,26H,7H2,1-6H3. The van der Waals surface area contributed by atoms with E-state index < -0.39 is 11.2 Å². The van der Waals surface area contributed by atoms with Crippen molar-refractivity contribution in [2.45, 2.75) is 59.2 Å². The van der Waals surface area contributed by atoms with Gasteiger partial charge in [0.05, 0.1) is 5.57 Å². The van der Waals surface area contributed by atoms with Crippen LogP contribution in [-0.4, -0.2) is 22.1 Å². The number of aryl methyl sites for hydroxylation is 2. The molecule has 4 nitrogen and oxygen atoms in total. The van der Waals surface area contributed by atoms with Gasteiger partial charge in [-0.1, -0.05) is 28.9 Å². The normalized spacial score (nSPS) is 18.1. The molecule has 0 bridgehead atoms. The molecular weight excluding hydrogens is 432 g/mol. The first-order valence-electron chi connectivity index (χ1n) is 9.72. The topological polar surface area (TPSA) is 55.8 Å². The Labute approximate surface area is 180 Å². The van der Waals surface area contributed by atoms with Crippen molar-refractivity contribution in [3.05, 3.63) is 63.3 Å². The SMILES string of the molecule is CCc1ccc(Oc2ccc(Br)cc2C)cc1C1=C(O)C(C)(C)OC(C)(C)C1=O. The zero-order valence-electron chi connectivity index (χ0n) is 17.7. The molecule has 154 valence electrons. The van der Waals surface area contributed by atoms with Crippen LogP contribution in [-0.2, 0) is 16.0 Å². The molecule has 1 aliphatic rings. The monoisotopic (exact) mass is 458 g/mol. The molecule has 1 heterocycles. The fourth-order valence-corrected chi connectivity index (χ4v) is 4.18. The van der Waals surface area contributed by atoms with Crippen molar-refractivity contribution in [3.8, 4) is 11.5 Å². The molecule has 3 rings (SSSR count). The molecule has 1 N–H and O–H groups in total. The fraction of sp³-hybridized carbons (Fsp3) is 0.375. The van der Waals surface area contributed by atoms with Crippen LogP contribution >= 0.6 is 15.9 Å². The summed E-state index contributed by atoms with van der Waals surface area (Å²) in [6.07, 6.45) is 0.721. The molecule has 0 radical (unpaired) electrons. The van der Waals surface area contributed by atoms with Gasteiger partial charge in [0.2, 0.25) is 0 Å². The van der Waals surface area contributed by atoms with Crippen molar-refractivity contribution in [3.63, 3.8) is 0 Å². The maximum atomic E-state index is 13.2. The molecule has 0 fully saturated rings. The lowest BCUT2D eigenvalue weighted by molar-refractivity contribution is -0.158. The Balaban J connectivity index is 2.13. The van der Waals surface area contributed by atoms with E-state index in [1.807, 2.05) is 50.2 Å². The highest BCUT2D eigenvalue weighted by atomic mass is 79.9. The molecular formula is C24H27BrO4. The first-order valence-corrected chi connectivity index (χ1v) is 10.5. The van der Waals surface area contributed by atoms with Crippen LogP contribution in [0.2, 0.25) is 0 Å². The zero-order valence-corrected chi connectivity index (χ0v) is 19.3. The minimum absolute atomic E-state index is 0.0477. The number of benzene rings is 2. The Hall–Kier alpha value is -2.11. The molecule has 2 aromatic rings. The van der Waals surface area contributed by atoms with E-state index in [1.165, 1.54) is 0 Å². The number of aliphatic hydroxyl groups excluding tert-OH is 1. The van der Waals surface area contributed by atoms with E-state index in [4.69, 9.17) is 9.47 Å². The Morgan fingerprint density at radius 3 is 2.38 bits per heavy atom. The van der Waals surface area contributed by atoms with Crippen LogP contribution in [0.25, 0.3) is 5.57 Å². The van der Waals surface area contributed by atoms with Crippen LogP contribution in [0.15, 0.2) is 46.6 Å². The number of rotatable bonds is 4. The van der Waals surface area contributed by atoms with Crippen LogP contribution in [0, 0.1) is 6.92 Å². The Morgan fingerprint density at radius 1 is 1.07 bits per heavy atom. The summed E-state index contributed by atoms with van der Waals surface area (Å²) in [5.74, 6) is 1.06. The molecule has 0 saturated carbocycles. The zero-order chi connectivity index (χ0) is 21.6. The summed E-state index contributed by atoms with van der Waals surface area (Å²) in [6.45, 7) is 11.0. The van der Waals surface area contributed by atoms with Crippen molar-refractivity contribution in [1.29, 1.82) is 0 Å². The summed E-state index contributed by atoms with van der Waals surface area (Å²) >= 11 is 3.46. The highest BCUT2D eigenvalue weighted by molar-refractivity contribution is 9.10. The van der Waals surface area contributed by atoms with Gasteiger partial charge in [-0.2, -0.15) is 0 Å². The largest absolute Gasteiger partial charge is 0.508 e. The van der Waals surface area contributed by atoms with E-state index >= 15 is 0 Å². The summed E-state index contributed by atoms with van der Waals surface area (Å²) in [7, 11) is 0. The number of halogens is 1. The number of hydrogen-bond acceptors (Lipinski definition) is 4. The first-order chi connectivity index (χ1) is 13.5. The third-order valence-electron chi connectivity index (χ3n) is 5.19. The molecule has 0 atom stereocenters. The number of carbonyl (C=O) groups excluding carboxylic acids is 1. The average molecular weight is 459 g/mol. The second kappa shape index (κ2) is 7.62. The third kappa shape index (κ3) is 4.12. The number of hydrogen-bond donors (Lipinski definition) is 1. The quantitative estimate of drug-likeness (QED) is 0.564. The molecule has 0 saturated heterocycles. The van der Waals surface area contributed by atoms with E-state index in [-0.39, 0.29) is 11.5 Å². The number of Topliss-reactive ketones (excluding diaryl/α,β-unsaturated/α-hetero) is 1. The lowest BCUT2D eigenvalue weighted by Gasteiger charge is -2.40. The fourth-order valence-electron chi connectivity index (χ4n) is 3.71. The lowest BCUT2D eigenvalue weighted by atomic mass is 9.81.